The van der Waals surface area contributed by atoms with Gasteiger partial charge in [-0.05, 0) is 63.1 Å². The van der Waals surface area contributed by atoms with Crippen LogP contribution in [0.5, 0.6) is 5.75 Å². The Labute approximate surface area is 207 Å². The highest BCUT2D eigenvalue weighted by atomic mass is 16.7. The van der Waals surface area contributed by atoms with E-state index in [1.807, 2.05) is 31.2 Å². The second-order valence-electron chi connectivity index (χ2n) is 10.1. The van der Waals surface area contributed by atoms with Crippen molar-refractivity contribution in [2.24, 2.45) is 5.92 Å². The maximum atomic E-state index is 12.0. The number of carbonyl (C=O) groups excluding carboxylic acids is 1. The third kappa shape index (κ3) is 6.74. The number of carbonyl (C=O) groups is 1. The van der Waals surface area contributed by atoms with Crippen LogP contribution in [-0.2, 0) is 33.2 Å². The molecule has 3 saturated heterocycles. The summed E-state index contributed by atoms with van der Waals surface area (Å²) in [5.41, 5.74) is 1.14. The summed E-state index contributed by atoms with van der Waals surface area (Å²) in [4.78, 5) is 12.0. The van der Waals surface area contributed by atoms with Gasteiger partial charge in [-0.3, -0.25) is 4.79 Å². The van der Waals surface area contributed by atoms with Crippen molar-refractivity contribution in [3.05, 3.63) is 29.8 Å². The number of aryl methyl sites for hydroxylation is 1. The van der Waals surface area contributed by atoms with Crippen molar-refractivity contribution < 1.29 is 38.0 Å². The van der Waals surface area contributed by atoms with Crippen LogP contribution in [0.4, 0.5) is 0 Å². The van der Waals surface area contributed by atoms with Crippen LogP contribution in [0.3, 0.4) is 0 Å². The average Bonchev–Trinajstić information content (AvgIpc) is 3.37. The van der Waals surface area contributed by atoms with E-state index < -0.39 is 0 Å². The van der Waals surface area contributed by atoms with Crippen LogP contribution in [0, 0.1) is 12.8 Å². The topological polar surface area (TPSA) is 81.7 Å². The lowest BCUT2D eigenvalue weighted by atomic mass is 10.0. The van der Waals surface area contributed by atoms with Crippen molar-refractivity contribution >= 4 is 5.97 Å². The van der Waals surface area contributed by atoms with Crippen molar-refractivity contribution in [1.82, 2.24) is 0 Å². The van der Waals surface area contributed by atoms with Crippen LogP contribution in [-0.4, -0.2) is 69.4 Å². The fraction of sp³-hybridized carbons (Fsp3) is 0.741. The Morgan fingerprint density at radius 2 is 1.83 bits per heavy atom. The maximum Gasteiger partial charge on any atom is 0.306 e. The summed E-state index contributed by atoms with van der Waals surface area (Å²) < 4.78 is 42.3. The Kier molecular flexibility index (Phi) is 8.57. The molecule has 0 radical (unpaired) electrons. The lowest BCUT2D eigenvalue weighted by Crippen LogP contribution is -2.40. The first-order valence-corrected chi connectivity index (χ1v) is 13.2. The molecular formula is C27H38O8. The molecule has 0 amide bonds. The minimum Gasteiger partial charge on any atom is -0.491 e. The van der Waals surface area contributed by atoms with Gasteiger partial charge < -0.3 is 33.2 Å². The highest BCUT2D eigenvalue weighted by Crippen LogP contribution is 2.41. The normalized spacial score (nSPS) is 33.8. The minimum atomic E-state index is -0.317. The van der Waals surface area contributed by atoms with Crippen molar-refractivity contribution in [1.29, 1.82) is 0 Å². The molecule has 4 fully saturated rings. The number of hydrogen-bond acceptors (Lipinski definition) is 8. The molecule has 1 aromatic carbocycles. The van der Waals surface area contributed by atoms with Gasteiger partial charge in [-0.25, -0.2) is 0 Å². The third-order valence-electron chi connectivity index (χ3n) is 7.26. The molecule has 35 heavy (non-hydrogen) atoms. The first-order valence-electron chi connectivity index (χ1n) is 13.2. The van der Waals surface area contributed by atoms with Gasteiger partial charge in [-0.2, -0.15) is 0 Å². The predicted molar refractivity (Wildman–Crippen MR) is 126 cm³/mol. The Bertz CT molecular complexity index is 819. The zero-order valence-electron chi connectivity index (χ0n) is 20.6. The van der Waals surface area contributed by atoms with Crippen LogP contribution in [0.25, 0.3) is 0 Å². The lowest BCUT2D eigenvalue weighted by molar-refractivity contribution is -0.226. The number of rotatable bonds is 10. The van der Waals surface area contributed by atoms with E-state index in [-0.39, 0.29) is 48.9 Å². The largest absolute Gasteiger partial charge is 0.491 e. The first-order chi connectivity index (χ1) is 17.1. The van der Waals surface area contributed by atoms with E-state index in [9.17, 15) is 4.79 Å². The van der Waals surface area contributed by atoms with Crippen LogP contribution in [0.15, 0.2) is 24.3 Å². The second kappa shape index (κ2) is 12.0. The molecule has 0 bridgehead atoms. The zero-order chi connectivity index (χ0) is 24.0. The monoisotopic (exact) mass is 490 g/mol. The quantitative estimate of drug-likeness (QED) is 0.457. The number of benzene rings is 1. The van der Waals surface area contributed by atoms with Gasteiger partial charge in [0.15, 0.2) is 12.6 Å². The van der Waals surface area contributed by atoms with Crippen molar-refractivity contribution in [2.75, 3.05) is 26.4 Å². The van der Waals surface area contributed by atoms with Gasteiger partial charge >= 0.3 is 5.97 Å². The van der Waals surface area contributed by atoms with Crippen LogP contribution in [0.1, 0.15) is 56.9 Å². The fourth-order valence-corrected chi connectivity index (χ4v) is 5.47. The Balaban J connectivity index is 1.22. The molecule has 0 spiro atoms. The van der Waals surface area contributed by atoms with Gasteiger partial charge in [0, 0.05) is 25.6 Å². The van der Waals surface area contributed by atoms with E-state index in [1.54, 1.807) is 0 Å². The Hall–Kier alpha value is -1.71. The molecule has 4 aliphatic rings. The van der Waals surface area contributed by atoms with E-state index >= 15 is 0 Å². The van der Waals surface area contributed by atoms with Gasteiger partial charge in [0.05, 0.1) is 25.2 Å². The molecule has 1 saturated carbocycles. The third-order valence-corrected chi connectivity index (χ3v) is 7.26. The lowest BCUT2D eigenvalue weighted by Gasteiger charge is -2.32. The van der Waals surface area contributed by atoms with Crippen LogP contribution < -0.4 is 4.74 Å². The molecule has 8 nitrogen and oxygen atoms in total. The standard InChI is InChI=1S/C27H38O8/c1-18-7-6-8-19(13-18)31-16-20(33-25-9-2-4-11-29-25)17-32-27-21-14-24(28)34-22(21)15-23(27)35-26-10-3-5-12-30-26/h6-8,13,20-23,25-27H,2-5,9-12,14-17H2,1H3/t20?,21-,22?,23?,25?,26?,27?/m1/s1. The van der Waals surface area contributed by atoms with E-state index in [4.69, 9.17) is 33.2 Å². The van der Waals surface area contributed by atoms with E-state index in [0.717, 1.165) is 56.4 Å². The summed E-state index contributed by atoms with van der Waals surface area (Å²) in [6, 6.07) is 7.97. The zero-order valence-corrected chi connectivity index (χ0v) is 20.6. The fourth-order valence-electron chi connectivity index (χ4n) is 5.47. The average molecular weight is 491 g/mol. The highest BCUT2D eigenvalue weighted by molar-refractivity contribution is 5.72. The molecular weight excluding hydrogens is 452 g/mol. The summed E-state index contributed by atoms with van der Waals surface area (Å²) in [6.45, 7) is 4.13. The summed E-state index contributed by atoms with van der Waals surface area (Å²) >= 11 is 0. The molecule has 7 atom stereocenters. The van der Waals surface area contributed by atoms with Crippen LogP contribution >= 0.6 is 0 Å². The maximum absolute atomic E-state index is 12.0. The predicted octanol–water partition coefficient (Wildman–Crippen LogP) is 3.92. The van der Waals surface area contributed by atoms with Crippen LogP contribution in [0.2, 0.25) is 0 Å². The number of fused-ring (bicyclic) bond motifs is 1. The smallest absolute Gasteiger partial charge is 0.306 e. The molecule has 1 aliphatic carbocycles. The highest BCUT2D eigenvalue weighted by Gasteiger charge is 2.52. The van der Waals surface area contributed by atoms with Gasteiger partial charge in [0.25, 0.3) is 0 Å². The Morgan fingerprint density at radius 3 is 2.57 bits per heavy atom. The summed E-state index contributed by atoms with van der Waals surface area (Å²) in [5, 5.41) is 0. The van der Waals surface area contributed by atoms with Gasteiger partial charge in [0.2, 0.25) is 0 Å². The van der Waals surface area contributed by atoms with Crippen molar-refractivity contribution in [3.8, 4) is 5.75 Å². The minimum absolute atomic E-state index is 0.0136. The number of hydrogen-bond donors (Lipinski definition) is 0. The van der Waals surface area contributed by atoms with E-state index in [2.05, 4.69) is 0 Å². The Morgan fingerprint density at radius 1 is 1.03 bits per heavy atom. The molecule has 0 aromatic heterocycles. The second-order valence-corrected chi connectivity index (χ2v) is 10.1. The molecule has 3 heterocycles. The molecule has 5 rings (SSSR count). The molecule has 194 valence electrons. The summed E-state index contributed by atoms with van der Waals surface area (Å²) in [6.07, 6.45) is 5.66. The van der Waals surface area contributed by atoms with Gasteiger partial charge in [-0.15, -0.1) is 0 Å². The molecule has 3 aliphatic heterocycles. The van der Waals surface area contributed by atoms with Gasteiger partial charge in [-0.1, -0.05) is 12.1 Å². The first kappa shape index (κ1) is 25.0. The molecule has 8 heteroatoms. The summed E-state index contributed by atoms with van der Waals surface area (Å²) in [5.74, 6) is 0.627. The number of ether oxygens (including phenoxy) is 7. The molecule has 6 unspecified atom stereocenters. The van der Waals surface area contributed by atoms with Gasteiger partial charge in [0.1, 0.15) is 24.6 Å². The van der Waals surface area contributed by atoms with Crippen molar-refractivity contribution in [2.45, 2.75) is 95.3 Å². The molecule has 1 aromatic rings. The van der Waals surface area contributed by atoms with Crippen molar-refractivity contribution in [3.63, 3.8) is 0 Å². The SMILES string of the molecule is Cc1cccc(OCC(COC2C(OC3CCCCO3)CC3OC(=O)C[C@H]32)OC2CCCCO2)c1. The van der Waals surface area contributed by atoms with E-state index in [0.29, 0.717) is 32.7 Å². The number of esters is 1. The summed E-state index contributed by atoms with van der Waals surface area (Å²) in [7, 11) is 0. The molecule has 0 N–H and O–H groups in total. The van der Waals surface area contributed by atoms with E-state index in [1.165, 1.54) is 0 Å².